The second-order valence-corrected chi connectivity index (χ2v) is 9.06. The second-order valence-electron chi connectivity index (χ2n) is 7.38. The van der Waals surface area contributed by atoms with Gasteiger partial charge in [-0.05, 0) is 55.2 Å². The van der Waals surface area contributed by atoms with E-state index < -0.39 is 40.0 Å². The molecule has 0 aliphatic rings. The minimum Gasteiger partial charge on any atom is -0.448 e. The summed E-state index contributed by atoms with van der Waals surface area (Å²) >= 11 is 0. The third kappa shape index (κ3) is 6.29. The van der Waals surface area contributed by atoms with Crippen molar-refractivity contribution in [2.24, 2.45) is 11.7 Å². The molecule has 2 aromatic rings. The number of amides is 3. The number of hydrogen-bond donors (Lipinski definition) is 3. The predicted octanol–water partition coefficient (Wildman–Crippen LogP) is 2.48. The predicted molar refractivity (Wildman–Crippen MR) is 115 cm³/mol. The molecule has 0 bridgehead atoms. The van der Waals surface area contributed by atoms with Gasteiger partial charge in [-0.15, -0.1) is 0 Å². The summed E-state index contributed by atoms with van der Waals surface area (Å²) in [7, 11) is -3.98. The second kappa shape index (κ2) is 9.61. The summed E-state index contributed by atoms with van der Waals surface area (Å²) in [5, 5.41) is 1.88. The maximum absolute atomic E-state index is 12.8. The summed E-state index contributed by atoms with van der Waals surface area (Å²) in [4.78, 5) is 35.6. The molecule has 0 heterocycles. The minimum atomic E-state index is -3.98. The first-order valence-electron chi connectivity index (χ1n) is 9.42. The van der Waals surface area contributed by atoms with Crippen molar-refractivity contribution in [3.05, 3.63) is 59.2 Å². The van der Waals surface area contributed by atoms with Gasteiger partial charge in [0.25, 0.3) is 15.9 Å². The van der Waals surface area contributed by atoms with Crippen LogP contribution in [0.5, 0.6) is 0 Å². The van der Waals surface area contributed by atoms with E-state index in [0.29, 0.717) is 11.3 Å². The average Bonchev–Trinajstić information content (AvgIpc) is 2.64. The first-order valence-corrected chi connectivity index (χ1v) is 10.9. The molecule has 9 nitrogen and oxygen atoms in total. The average molecular weight is 448 g/mol. The molecule has 0 aromatic heterocycles. The van der Waals surface area contributed by atoms with Crippen molar-refractivity contribution in [1.29, 1.82) is 0 Å². The van der Waals surface area contributed by atoms with Crippen molar-refractivity contribution in [2.75, 3.05) is 4.72 Å². The van der Waals surface area contributed by atoms with Crippen LogP contribution in [0.3, 0.4) is 0 Å². The number of imide groups is 1. The van der Waals surface area contributed by atoms with Gasteiger partial charge in [-0.1, -0.05) is 32.0 Å². The van der Waals surface area contributed by atoms with E-state index in [1.54, 1.807) is 39.0 Å². The molecular weight excluding hydrogens is 422 g/mol. The van der Waals surface area contributed by atoms with Crippen molar-refractivity contribution in [3.63, 3.8) is 0 Å². The number of sulfonamides is 1. The van der Waals surface area contributed by atoms with E-state index in [1.807, 2.05) is 18.3 Å². The summed E-state index contributed by atoms with van der Waals surface area (Å²) in [6, 6.07) is 9.77. The molecular formula is C21H25N3O6S. The van der Waals surface area contributed by atoms with Crippen LogP contribution in [-0.4, -0.2) is 32.4 Å². The number of carbonyl (C=O) groups is 3. The zero-order chi connectivity index (χ0) is 23.3. The van der Waals surface area contributed by atoms with Gasteiger partial charge in [0.1, 0.15) is 0 Å². The minimum absolute atomic E-state index is 0.0235. The third-order valence-electron chi connectivity index (χ3n) is 4.35. The number of esters is 1. The third-order valence-corrected chi connectivity index (χ3v) is 5.73. The van der Waals surface area contributed by atoms with Crippen LogP contribution in [0.1, 0.15) is 35.3 Å². The monoisotopic (exact) mass is 447 g/mol. The lowest BCUT2D eigenvalue weighted by atomic mass is 10.1. The van der Waals surface area contributed by atoms with Crippen LogP contribution in [0.2, 0.25) is 0 Å². The lowest BCUT2D eigenvalue weighted by Gasteiger charge is -2.20. The maximum Gasteiger partial charge on any atom is 0.339 e. The molecule has 3 amide bonds. The molecule has 2 rings (SSSR count). The normalized spacial score (nSPS) is 12.2. The highest BCUT2D eigenvalue weighted by Crippen LogP contribution is 2.21. The van der Waals surface area contributed by atoms with Gasteiger partial charge in [0.05, 0.1) is 10.5 Å². The fourth-order valence-corrected chi connectivity index (χ4v) is 3.85. The molecule has 0 saturated carbocycles. The molecule has 0 fully saturated rings. The summed E-state index contributed by atoms with van der Waals surface area (Å²) in [5.41, 5.74) is 6.64. The topological polar surface area (TPSA) is 145 Å². The van der Waals surface area contributed by atoms with Crippen molar-refractivity contribution in [1.82, 2.24) is 5.32 Å². The number of nitrogens with two attached hydrogens (primary N) is 1. The van der Waals surface area contributed by atoms with E-state index in [-0.39, 0.29) is 10.5 Å². The van der Waals surface area contributed by atoms with Crippen LogP contribution in [-0.2, 0) is 19.6 Å². The molecule has 1 atom stereocenters. The van der Waals surface area contributed by atoms with Gasteiger partial charge in [-0.2, -0.15) is 0 Å². The lowest BCUT2D eigenvalue weighted by Crippen LogP contribution is -2.45. The molecule has 0 aliphatic carbocycles. The molecule has 166 valence electrons. The highest BCUT2D eigenvalue weighted by Gasteiger charge is 2.29. The van der Waals surface area contributed by atoms with Gasteiger partial charge < -0.3 is 10.5 Å². The Balaban J connectivity index is 2.31. The fraction of sp³-hybridized carbons (Fsp3) is 0.286. The van der Waals surface area contributed by atoms with Crippen LogP contribution < -0.4 is 15.8 Å². The Hall–Kier alpha value is -3.40. The van der Waals surface area contributed by atoms with E-state index in [1.165, 1.54) is 18.2 Å². The smallest absolute Gasteiger partial charge is 0.339 e. The van der Waals surface area contributed by atoms with Crippen molar-refractivity contribution >= 4 is 33.6 Å². The Labute approximate surface area is 181 Å². The van der Waals surface area contributed by atoms with Crippen molar-refractivity contribution in [2.45, 2.75) is 38.7 Å². The van der Waals surface area contributed by atoms with Gasteiger partial charge >= 0.3 is 12.0 Å². The van der Waals surface area contributed by atoms with Crippen LogP contribution >= 0.6 is 0 Å². The van der Waals surface area contributed by atoms with Crippen molar-refractivity contribution in [3.8, 4) is 0 Å². The molecule has 1 unspecified atom stereocenters. The standard InChI is InChI=1S/C21H25N3O6S/c1-12(2)18(19(25)23-21(22)27)30-20(26)17-11-16(9-8-14(17)4)31(28,29)24-15-7-5-6-13(3)10-15/h5-12,18,24H,1-4H3,(H3,22,23,25,27). The Morgan fingerprint density at radius 3 is 2.29 bits per heavy atom. The Kier molecular flexibility index (Phi) is 7.40. The molecule has 2 aromatic carbocycles. The number of carbonyl (C=O) groups excluding carboxylic acids is 3. The van der Waals surface area contributed by atoms with E-state index in [9.17, 15) is 22.8 Å². The van der Waals surface area contributed by atoms with Gasteiger partial charge in [-0.25, -0.2) is 18.0 Å². The highest BCUT2D eigenvalue weighted by atomic mass is 32.2. The molecule has 0 aliphatic heterocycles. The zero-order valence-corrected chi connectivity index (χ0v) is 18.4. The van der Waals surface area contributed by atoms with Gasteiger partial charge in [0.2, 0.25) is 0 Å². The first kappa shape index (κ1) is 23.9. The summed E-state index contributed by atoms with van der Waals surface area (Å²) in [5.74, 6) is -2.22. The Bertz CT molecular complexity index is 1110. The fourth-order valence-electron chi connectivity index (χ4n) is 2.77. The van der Waals surface area contributed by atoms with Crippen LogP contribution in [0.15, 0.2) is 47.4 Å². The zero-order valence-electron chi connectivity index (χ0n) is 17.6. The number of nitrogens with one attached hydrogen (secondary N) is 2. The molecule has 4 N–H and O–H groups in total. The molecule has 10 heteroatoms. The van der Waals surface area contributed by atoms with Crippen LogP contribution in [0.25, 0.3) is 0 Å². The highest BCUT2D eigenvalue weighted by molar-refractivity contribution is 7.92. The number of hydrogen-bond acceptors (Lipinski definition) is 6. The molecule has 0 saturated heterocycles. The number of urea groups is 1. The number of primary amides is 1. The lowest BCUT2D eigenvalue weighted by molar-refractivity contribution is -0.130. The quantitative estimate of drug-likeness (QED) is 0.556. The van der Waals surface area contributed by atoms with Crippen LogP contribution in [0.4, 0.5) is 10.5 Å². The maximum atomic E-state index is 12.8. The Morgan fingerprint density at radius 2 is 1.71 bits per heavy atom. The van der Waals surface area contributed by atoms with E-state index >= 15 is 0 Å². The SMILES string of the molecule is Cc1cccc(NS(=O)(=O)c2ccc(C)c(C(=O)OC(C(=O)NC(N)=O)C(C)C)c2)c1. The number of aryl methyl sites for hydroxylation is 2. The van der Waals surface area contributed by atoms with Gasteiger partial charge in [0.15, 0.2) is 6.10 Å². The van der Waals surface area contributed by atoms with E-state index in [2.05, 4.69) is 4.72 Å². The summed E-state index contributed by atoms with van der Waals surface area (Å²) < 4.78 is 33.3. The molecule has 31 heavy (non-hydrogen) atoms. The first-order chi connectivity index (χ1) is 14.4. The largest absolute Gasteiger partial charge is 0.448 e. The van der Waals surface area contributed by atoms with Crippen molar-refractivity contribution < 1.29 is 27.5 Å². The van der Waals surface area contributed by atoms with Crippen LogP contribution in [0, 0.1) is 19.8 Å². The molecule has 0 radical (unpaired) electrons. The van der Waals surface area contributed by atoms with Gasteiger partial charge in [0, 0.05) is 5.69 Å². The Morgan fingerprint density at radius 1 is 1.03 bits per heavy atom. The van der Waals surface area contributed by atoms with E-state index in [0.717, 1.165) is 5.56 Å². The molecule has 0 spiro atoms. The van der Waals surface area contributed by atoms with E-state index in [4.69, 9.17) is 10.5 Å². The number of rotatable bonds is 7. The number of ether oxygens (including phenoxy) is 1. The summed E-state index contributed by atoms with van der Waals surface area (Å²) in [6.07, 6.45) is -1.29. The number of anilines is 1. The summed E-state index contributed by atoms with van der Waals surface area (Å²) in [6.45, 7) is 6.68. The number of benzene rings is 2. The van der Waals surface area contributed by atoms with Gasteiger partial charge in [-0.3, -0.25) is 14.8 Å².